The molecule has 4 aromatic rings. The van der Waals surface area contributed by atoms with E-state index >= 15 is 0 Å². The summed E-state index contributed by atoms with van der Waals surface area (Å²) in [6.45, 7) is 0.320. The van der Waals surface area contributed by atoms with E-state index in [2.05, 4.69) is 15.5 Å². The first kappa shape index (κ1) is 16.8. The van der Waals surface area contributed by atoms with Crippen LogP contribution in [0.3, 0.4) is 0 Å². The molecule has 4 rings (SSSR count). The fourth-order valence-corrected chi connectivity index (χ4v) is 2.80. The van der Waals surface area contributed by atoms with E-state index in [1.54, 1.807) is 31.4 Å². The number of anilines is 1. The summed E-state index contributed by atoms with van der Waals surface area (Å²) in [5, 5.41) is 7.34. The zero-order valence-corrected chi connectivity index (χ0v) is 14.3. The van der Waals surface area contributed by atoms with Crippen LogP contribution in [0.2, 0.25) is 0 Å². The number of amides is 1. The zero-order valence-electron chi connectivity index (χ0n) is 14.3. The van der Waals surface area contributed by atoms with Crippen LogP contribution >= 0.6 is 0 Å². The topological polar surface area (TPSA) is 110 Å². The number of furan rings is 1. The number of carbonyl (C=O) groups is 1. The van der Waals surface area contributed by atoms with Crippen LogP contribution in [0.25, 0.3) is 22.4 Å². The molecule has 2 N–H and O–H groups in total. The van der Waals surface area contributed by atoms with Gasteiger partial charge in [-0.05, 0) is 29.8 Å². The number of fused-ring (bicyclic) bond motifs is 1. The highest BCUT2D eigenvalue weighted by Gasteiger charge is 2.15. The Balaban J connectivity index is 1.60. The molecule has 8 nitrogen and oxygen atoms in total. The molecule has 0 radical (unpaired) electrons. The van der Waals surface area contributed by atoms with E-state index in [0.29, 0.717) is 29.3 Å². The van der Waals surface area contributed by atoms with Gasteiger partial charge in [-0.1, -0.05) is 11.2 Å². The van der Waals surface area contributed by atoms with Crippen LogP contribution in [0, 0.1) is 0 Å². The molecule has 0 aliphatic rings. The Morgan fingerprint density at radius 3 is 2.89 bits per heavy atom. The Kier molecular flexibility index (Phi) is 4.31. The van der Waals surface area contributed by atoms with Crippen molar-refractivity contribution in [2.75, 3.05) is 12.4 Å². The molecule has 0 unspecified atom stereocenters. The summed E-state index contributed by atoms with van der Waals surface area (Å²) in [7, 11) is 1.57. The number of ether oxygens (including phenoxy) is 1. The summed E-state index contributed by atoms with van der Waals surface area (Å²) in [4.78, 5) is 27.0. The number of nitrogens with one attached hydrogen (secondary N) is 2. The molecular formula is C19H15N3O5. The van der Waals surface area contributed by atoms with Gasteiger partial charge in [0.1, 0.15) is 0 Å². The maximum absolute atomic E-state index is 12.4. The van der Waals surface area contributed by atoms with Crippen molar-refractivity contribution < 1.29 is 18.5 Å². The highest BCUT2D eigenvalue weighted by molar-refractivity contribution is 6.04. The lowest BCUT2D eigenvalue weighted by molar-refractivity contribution is 0.101. The predicted octanol–water partition coefficient (Wildman–Crippen LogP) is 3.17. The molecule has 0 spiro atoms. The standard InChI is InChI=1S/C19H15N3O5/c1-25-10-11-7-18(23)21-14-8-12(4-5-13(11)14)20-19(24)15-9-17(27-22-15)16-3-2-6-26-16/h2-9H,10H2,1H3,(H,20,24)(H,21,23). The van der Waals surface area contributed by atoms with Gasteiger partial charge in [0, 0.05) is 30.3 Å². The fourth-order valence-electron chi connectivity index (χ4n) is 2.80. The summed E-state index contributed by atoms with van der Waals surface area (Å²) in [5.41, 5.74) is 1.76. The number of aromatic amines is 1. The molecule has 0 aliphatic heterocycles. The first-order chi connectivity index (χ1) is 13.1. The number of methoxy groups -OCH3 is 1. The van der Waals surface area contributed by atoms with Crippen molar-refractivity contribution in [1.82, 2.24) is 10.1 Å². The minimum atomic E-state index is -0.439. The molecule has 3 aromatic heterocycles. The van der Waals surface area contributed by atoms with Crippen molar-refractivity contribution in [3.63, 3.8) is 0 Å². The Bertz CT molecular complexity index is 1160. The first-order valence-electron chi connectivity index (χ1n) is 8.11. The van der Waals surface area contributed by atoms with Gasteiger partial charge in [-0.3, -0.25) is 9.59 Å². The second-order valence-electron chi connectivity index (χ2n) is 5.86. The number of hydrogen-bond acceptors (Lipinski definition) is 6. The number of pyridine rings is 1. The number of nitrogens with zero attached hydrogens (tertiary/aromatic N) is 1. The van der Waals surface area contributed by atoms with Crippen molar-refractivity contribution in [2.24, 2.45) is 0 Å². The number of benzene rings is 1. The van der Waals surface area contributed by atoms with E-state index in [0.717, 1.165) is 10.9 Å². The number of hydrogen-bond donors (Lipinski definition) is 2. The SMILES string of the molecule is COCc1cc(=O)[nH]c2cc(NC(=O)c3cc(-c4ccco4)on3)ccc12. The Labute approximate surface area is 152 Å². The van der Waals surface area contributed by atoms with Crippen LogP contribution in [-0.4, -0.2) is 23.2 Å². The third-order valence-corrected chi connectivity index (χ3v) is 3.99. The van der Waals surface area contributed by atoms with Crippen LogP contribution in [-0.2, 0) is 11.3 Å². The number of aromatic nitrogens is 2. The Morgan fingerprint density at radius 2 is 2.11 bits per heavy atom. The summed E-state index contributed by atoms with van der Waals surface area (Å²) in [5.74, 6) is 0.402. The minimum absolute atomic E-state index is 0.114. The van der Waals surface area contributed by atoms with E-state index in [1.807, 2.05) is 6.07 Å². The van der Waals surface area contributed by atoms with Gasteiger partial charge < -0.3 is 24.0 Å². The van der Waals surface area contributed by atoms with Crippen molar-refractivity contribution in [3.05, 3.63) is 70.3 Å². The molecule has 0 saturated carbocycles. The molecule has 1 amide bonds. The fraction of sp³-hybridized carbons (Fsp3) is 0.105. The molecule has 0 aliphatic carbocycles. The summed E-state index contributed by atoms with van der Waals surface area (Å²) in [6.07, 6.45) is 1.51. The third kappa shape index (κ3) is 3.38. The lowest BCUT2D eigenvalue weighted by atomic mass is 10.1. The molecule has 27 heavy (non-hydrogen) atoms. The highest BCUT2D eigenvalue weighted by Crippen LogP contribution is 2.23. The van der Waals surface area contributed by atoms with E-state index in [9.17, 15) is 9.59 Å². The number of carbonyl (C=O) groups excluding carboxylic acids is 1. The average Bonchev–Trinajstić information content (AvgIpc) is 3.33. The molecule has 0 saturated heterocycles. The van der Waals surface area contributed by atoms with Crippen LogP contribution < -0.4 is 10.9 Å². The summed E-state index contributed by atoms with van der Waals surface area (Å²) >= 11 is 0. The van der Waals surface area contributed by atoms with Gasteiger partial charge in [-0.15, -0.1) is 0 Å². The van der Waals surface area contributed by atoms with Gasteiger partial charge in [-0.2, -0.15) is 0 Å². The molecule has 0 atom stereocenters. The van der Waals surface area contributed by atoms with Crippen molar-refractivity contribution >= 4 is 22.5 Å². The van der Waals surface area contributed by atoms with Crippen LogP contribution in [0.4, 0.5) is 5.69 Å². The van der Waals surface area contributed by atoms with Crippen molar-refractivity contribution in [2.45, 2.75) is 6.61 Å². The number of H-pyrrole nitrogens is 1. The molecule has 0 bridgehead atoms. The van der Waals surface area contributed by atoms with E-state index in [4.69, 9.17) is 13.7 Å². The largest absolute Gasteiger partial charge is 0.461 e. The van der Waals surface area contributed by atoms with E-state index < -0.39 is 5.91 Å². The van der Waals surface area contributed by atoms with Crippen LogP contribution in [0.15, 0.2) is 62.5 Å². The maximum Gasteiger partial charge on any atom is 0.277 e. The Morgan fingerprint density at radius 1 is 1.22 bits per heavy atom. The lowest BCUT2D eigenvalue weighted by Gasteiger charge is -2.08. The third-order valence-electron chi connectivity index (χ3n) is 3.99. The average molecular weight is 365 g/mol. The second kappa shape index (κ2) is 6.93. The quantitative estimate of drug-likeness (QED) is 0.562. The first-order valence-corrected chi connectivity index (χ1v) is 8.11. The van der Waals surface area contributed by atoms with Gasteiger partial charge in [0.25, 0.3) is 5.91 Å². The molecule has 136 valence electrons. The molecular weight excluding hydrogens is 350 g/mol. The summed E-state index contributed by atoms with van der Waals surface area (Å²) in [6, 6.07) is 11.6. The Hall–Kier alpha value is -3.65. The lowest BCUT2D eigenvalue weighted by Crippen LogP contribution is -2.13. The minimum Gasteiger partial charge on any atom is -0.461 e. The van der Waals surface area contributed by atoms with E-state index in [1.165, 1.54) is 18.4 Å². The van der Waals surface area contributed by atoms with Crippen LogP contribution in [0.1, 0.15) is 16.1 Å². The normalized spacial score (nSPS) is 11.0. The van der Waals surface area contributed by atoms with Gasteiger partial charge in [0.05, 0.1) is 18.4 Å². The van der Waals surface area contributed by atoms with Crippen molar-refractivity contribution in [1.29, 1.82) is 0 Å². The van der Waals surface area contributed by atoms with Crippen molar-refractivity contribution in [3.8, 4) is 11.5 Å². The highest BCUT2D eigenvalue weighted by atomic mass is 16.5. The van der Waals surface area contributed by atoms with Gasteiger partial charge in [0.2, 0.25) is 11.3 Å². The predicted molar refractivity (Wildman–Crippen MR) is 97.4 cm³/mol. The van der Waals surface area contributed by atoms with E-state index in [-0.39, 0.29) is 11.3 Å². The molecule has 8 heteroatoms. The molecule has 1 aromatic carbocycles. The maximum atomic E-state index is 12.4. The zero-order chi connectivity index (χ0) is 18.8. The summed E-state index contributed by atoms with van der Waals surface area (Å²) < 4.78 is 15.5. The monoisotopic (exact) mass is 365 g/mol. The molecule has 3 heterocycles. The molecule has 0 fully saturated rings. The van der Waals surface area contributed by atoms with Gasteiger partial charge in [-0.25, -0.2) is 0 Å². The second-order valence-corrected chi connectivity index (χ2v) is 5.86. The van der Waals surface area contributed by atoms with Crippen LogP contribution in [0.5, 0.6) is 0 Å². The van der Waals surface area contributed by atoms with Gasteiger partial charge >= 0.3 is 0 Å². The smallest absolute Gasteiger partial charge is 0.277 e. The number of rotatable bonds is 5. The van der Waals surface area contributed by atoms with Gasteiger partial charge in [0.15, 0.2) is 11.5 Å².